The van der Waals surface area contributed by atoms with Gasteiger partial charge in [0.15, 0.2) is 9.84 Å². The summed E-state index contributed by atoms with van der Waals surface area (Å²) in [5.74, 6) is -2.96. The molecular formula is C18H13F5N2O2S. The first-order chi connectivity index (χ1) is 12.9. The number of halogens is 5. The third-order valence-corrected chi connectivity index (χ3v) is 5.15. The van der Waals surface area contributed by atoms with Crippen LogP contribution < -0.4 is 0 Å². The molecular weight excluding hydrogens is 403 g/mol. The summed E-state index contributed by atoms with van der Waals surface area (Å²) in [6.45, 7) is 1.44. The van der Waals surface area contributed by atoms with Crippen molar-refractivity contribution in [2.24, 2.45) is 0 Å². The summed E-state index contributed by atoms with van der Waals surface area (Å²) < 4.78 is 90.3. The van der Waals surface area contributed by atoms with Gasteiger partial charge in [-0.2, -0.15) is 13.2 Å². The van der Waals surface area contributed by atoms with E-state index in [1.165, 1.54) is 19.1 Å². The molecule has 0 unspecified atom stereocenters. The first-order valence-electron chi connectivity index (χ1n) is 7.81. The maximum absolute atomic E-state index is 14.2. The molecule has 3 aromatic rings. The number of H-pyrrole nitrogens is 1. The second kappa shape index (κ2) is 6.69. The normalized spacial score (nSPS) is 12.4. The molecule has 3 rings (SSSR count). The van der Waals surface area contributed by atoms with E-state index in [9.17, 15) is 30.4 Å². The molecule has 1 heterocycles. The fraction of sp³-hybridized carbons (Fsp3) is 0.167. The molecule has 0 fully saturated rings. The first-order valence-corrected chi connectivity index (χ1v) is 9.71. The number of alkyl halides is 3. The lowest BCUT2D eigenvalue weighted by atomic mass is 10.0. The number of rotatable bonds is 3. The lowest BCUT2D eigenvalue weighted by Crippen LogP contribution is -2.07. The number of sulfone groups is 1. The smallest absolute Gasteiger partial charge is 0.334 e. The molecule has 0 spiro atoms. The minimum absolute atomic E-state index is 0.0615. The van der Waals surface area contributed by atoms with Crippen molar-refractivity contribution in [3.63, 3.8) is 0 Å². The van der Waals surface area contributed by atoms with Crippen LogP contribution in [0.2, 0.25) is 0 Å². The van der Waals surface area contributed by atoms with Crippen molar-refractivity contribution in [1.29, 1.82) is 0 Å². The summed E-state index contributed by atoms with van der Waals surface area (Å²) in [7, 11) is -3.85. The van der Waals surface area contributed by atoms with Gasteiger partial charge in [0.1, 0.15) is 16.5 Å². The van der Waals surface area contributed by atoms with Gasteiger partial charge in [0, 0.05) is 17.4 Å². The van der Waals surface area contributed by atoms with Crippen LogP contribution in [0.15, 0.2) is 41.3 Å². The lowest BCUT2D eigenvalue weighted by molar-refractivity contribution is -0.144. The van der Waals surface area contributed by atoms with Gasteiger partial charge >= 0.3 is 6.18 Å². The highest BCUT2D eigenvalue weighted by Crippen LogP contribution is 2.36. The van der Waals surface area contributed by atoms with Crippen molar-refractivity contribution in [3.05, 3.63) is 59.4 Å². The molecule has 148 valence electrons. The Morgan fingerprint density at radius 2 is 1.61 bits per heavy atom. The number of aromatic amines is 1. The van der Waals surface area contributed by atoms with Crippen LogP contribution in [0.5, 0.6) is 0 Å². The van der Waals surface area contributed by atoms with Gasteiger partial charge in [-0.15, -0.1) is 0 Å². The van der Waals surface area contributed by atoms with Gasteiger partial charge < -0.3 is 4.98 Å². The number of benzene rings is 2. The Labute approximate surface area is 157 Å². The van der Waals surface area contributed by atoms with Gasteiger partial charge in [0.2, 0.25) is 5.82 Å². The summed E-state index contributed by atoms with van der Waals surface area (Å²) in [4.78, 5) is 5.09. The number of aryl methyl sites for hydroxylation is 1. The van der Waals surface area contributed by atoms with Gasteiger partial charge in [-0.25, -0.2) is 22.2 Å². The van der Waals surface area contributed by atoms with E-state index >= 15 is 0 Å². The highest BCUT2D eigenvalue weighted by molar-refractivity contribution is 7.90. The van der Waals surface area contributed by atoms with E-state index < -0.39 is 38.4 Å². The average Bonchev–Trinajstić information content (AvgIpc) is 3.01. The van der Waals surface area contributed by atoms with Gasteiger partial charge in [0.05, 0.1) is 11.4 Å². The summed E-state index contributed by atoms with van der Waals surface area (Å²) >= 11 is 0. The first kappa shape index (κ1) is 20.0. The van der Waals surface area contributed by atoms with Crippen molar-refractivity contribution >= 4 is 9.84 Å². The molecule has 0 radical (unpaired) electrons. The third-order valence-electron chi connectivity index (χ3n) is 4.02. The summed E-state index contributed by atoms with van der Waals surface area (Å²) in [6, 6.07) is 6.61. The van der Waals surface area contributed by atoms with Crippen LogP contribution in [-0.4, -0.2) is 24.6 Å². The summed E-state index contributed by atoms with van der Waals surface area (Å²) in [6.07, 6.45) is -3.98. The average molecular weight is 416 g/mol. The maximum atomic E-state index is 14.2. The van der Waals surface area contributed by atoms with Gasteiger partial charge in [-0.05, 0) is 42.8 Å². The Balaban J connectivity index is 2.24. The number of hydrogen-bond donors (Lipinski definition) is 1. The van der Waals surface area contributed by atoms with Crippen molar-refractivity contribution in [1.82, 2.24) is 9.97 Å². The predicted octanol–water partition coefficient (Wildman–Crippen LogP) is 4.75. The van der Waals surface area contributed by atoms with E-state index in [1.54, 1.807) is 0 Å². The SMILES string of the molecule is Cc1cc(-c2[nH]c(C(F)(F)F)nc2-c2ccc(S(C)(=O)=O)c(F)c2)ccc1F. The Kier molecular flexibility index (Phi) is 4.78. The molecule has 28 heavy (non-hydrogen) atoms. The second-order valence-corrected chi connectivity index (χ2v) is 8.17. The third kappa shape index (κ3) is 3.77. The molecule has 4 nitrogen and oxygen atoms in total. The minimum atomic E-state index is -4.80. The van der Waals surface area contributed by atoms with Crippen molar-refractivity contribution < 1.29 is 30.4 Å². The van der Waals surface area contributed by atoms with Gasteiger partial charge in [0.25, 0.3) is 0 Å². The zero-order chi connectivity index (χ0) is 20.9. The van der Waals surface area contributed by atoms with Crippen molar-refractivity contribution in [2.75, 3.05) is 6.26 Å². The van der Waals surface area contributed by atoms with Crippen LogP contribution >= 0.6 is 0 Å². The molecule has 2 aromatic carbocycles. The van der Waals surface area contributed by atoms with Crippen LogP contribution in [0.1, 0.15) is 11.4 Å². The molecule has 0 bridgehead atoms. The Hall–Kier alpha value is -2.75. The highest BCUT2D eigenvalue weighted by atomic mass is 32.2. The molecule has 0 amide bonds. The Morgan fingerprint density at radius 1 is 0.964 bits per heavy atom. The minimum Gasteiger partial charge on any atom is -0.334 e. The number of nitrogens with zero attached hydrogens (tertiary/aromatic N) is 1. The number of imidazole rings is 1. The summed E-state index contributed by atoms with van der Waals surface area (Å²) in [5.41, 5.74) is 0.0163. The Morgan fingerprint density at radius 3 is 2.14 bits per heavy atom. The van der Waals surface area contributed by atoms with E-state index in [0.717, 1.165) is 30.5 Å². The monoisotopic (exact) mass is 416 g/mol. The molecule has 1 N–H and O–H groups in total. The van der Waals surface area contributed by atoms with Crippen LogP contribution in [0.3, 0.4) is 0 Å². The molecule has 0 saturated carbocycles. The standard InChI is InChI=1S/C18H13F5N2O2S/c1-9-7-10(3-5-12(9)19)15-16(25-17(24-15)18(21,22)23)11-4-6-14(13(20)8-11)28(2,26)27/h3-8H,1-2H3,(H,24,25). The molecule has 10 heteroatoms. The molecule has 1 aromatic heterocycles. The number of aromatic nitrogens is 2. The van der Waals surface area contributed by atoms with E-state index in [0.29, 0.717) is 0 Å². The largest absolute Gasteiger partial charge is 0.449 e. The van der Waals surface area contributed by atoms with Crippen molar-refractivity contribution in [3.8, 4) is 22.5 Å². The number of nitrogens with one attached hydrogen (secondary N) is 1. The molecule has 0 atom stereocenters. The van der Waals surface area contributed by atoms with Crippen molar-refractivity contribution in [2.45, 2.75) is 18.0 Å². The zero-order valence-corrected chi connectivity index (χ0v) is 15.3. The fourth-order valence-corrected chi connectivity index (χ4v) is 3.40. The molecule has 0 aliphatic carbocycles. The van der Waals surface area contributed by atoms with E-state index in [2.05, 4.69) is 9.97 Å². The Bertz CT molecular complexity index is 1170. The molecule has 0 aliphatic rings. The zero-order valence-electron chi connectivity index (χ0n) is 14.5. The number of hydrogen-bond acceptors (Lipinski definition) is 3. The predicted molar refractivity (Wildman–Crippen MR) is 92.2 cm³/mol. The van der Waals surface area contributed by atoms with E-state index in [-0.39, 0.29) is 28.1 Å². The van der Waals surface area contributed by atoms with Gasteiger partial charge in [-0.1, -0.05) is 6.07 Å². The van der Waals surface area contributed by atoms with Crippen LogP contribution in [0.4, 0.5) is 22.0 Å². The highest BCUT2D eigenvalue weighted by Gasteiger charge is 2.36. The van der Waals surface area contributed by atoms with E-state index in [1.807, 2.05) is 0 Å². The summed E-state index contributed by atoms with van der Waals surface area (Å²) in [5, 5.41) is 0. The van der Waals surface area contributed by atoms with Crippen LogP contribution in [-0.2, 0) is 16.0 Å². The second-order valence-electron chi connectivity index (χ2n) is 6.19. The van der Waals surface area contributed by atoms with Gasteiger partial charge in [-0.3, -0.25) is 0 Å². The maximum Gasteiger partial charge on any atom is 0.449 e. The lowest BCUT2D eigenvalue weighted by Gasteiger charge is -2.07. The fourth-order valence-electron chi connectivity index (χ4n) is 2.67. The van der Waals surface area contributed by atoms with Crippen LogP contribution in [0.25, 0.3) is 22.5 Å². The quantitative estimate of drug-likeness (QED) is 0.627. The topological polar surface area (TPSA) is 62.8 Å². The molecule has 0 aliphatic heterocycles. The van der Waals surface area contributed by atoms with E-state index in [4.69, 9.17) is 0 Å². The molecule has 0 saturated heterocycles. The van der Waals surface area contributed by atoms with Crippen LogP contribution in [0, 0.1) is 18.6 Å².